The van der Waals surface area contributed by atoms with Gasteiger partial charge in [-0.2, -0.15) is 0 Å². The third-order valence-corrected chi connectivity index (χ3v) is 3.77. The van der Waals surface area contributed by atoms with Crippen molar-refractivity contribution in [2.75, 3.05) is 13.1 Å². The van der Waals surface area contributed by atoms with E-state index < -0.39 is 0 Å². The number of hydrogen-bond donors (Lipinski definition) is 1. The molecule has 3 heteroatoms. The van der Waals surface area contributed by atoms with Crippen LogP contribution >= 0.6 is 15.9 Å². The highest BCUT2D eigenvalue weighted by Crippen LogP contribution is 2.48. The summed E-state index contributed by atoms with van der Waals surface area (Å²) in [6.45, 7) is 4.11. The molecule has 1 aliphatic carbocycles. The van der Waals surface area contributed by atoms with Gasteiger partial charge in [-0.15, -0.1) is 0 Å². The molecule has 1 aromatic carbocycles. The van der Waals surface area contributed by atoms with Crippen molar-refractivity contribution in [1.29, 1.82) is 0 Å². The van der Waals surface area contributed by atoms with Crippen LogP contribution in [0.4, 0.5) is 4.39 Å². The van der Waals surface area contributed by atoms with Gasteiger partial charge < -0.3 is 5.32 Å². The summed E-state index contributed by atoms with van der Waals surface area (Å²) in [6, 6.07) is 5.20. The molecule has 0 atom stereocenters. The highest BCUT2D eigenvalue weighted by atomic mass is 79.9. The van der Waals surface area contributed by atoms with Crippen LogP contribution in [-0.4, -0.2) is 13.1 Å². The Morgan fingerprint density at radius 1 is 1.44 bits per heavy atom. The van der Waals surface area contributed by atoms with Crippen LogP contribution in [0.3, 0.4) is 0 Å². The molecule has 1 saturated carbocycles. The summed E-state index contributed by atoms with van der Waals surface area (Å²) in [7, 11) is 0. The fourth-order valence-corrected chi connectivity index (χ4v) is 2.47. The van der Waals surface area contributed by atoms with Gasteiger partial charge in [0.2, 0.25) is 0 Å². The van der Waals surface area contributed by atoms with Gasteiger partial charge in [0, 0.05) is 11.0 Å². The number of benzene rings is 1. The molecule has 0 amide bonds. The molecule has 88 valence electrons. The second-order valence-corrected chi connectivity index (χ2v) is 5.61. The summed E-state index contributed by atoms with van der Waals surface area (Å²) in [4.78, 5) is 0. The Labute approximate surface area is 105 Å². The molecule has 0 saturated heterocycles. The van der Waals surface area contributed by atoms with Gasteiger partial charge in [0.05, 0.1) is 0 Å². The van der Waals surface area contributed by atoms with Crippen LogP contribution in [0.1, 0.15) is 25.3 Å². The van der Waals surface area contributed by atoms with Crippen molar-refractivity contribution >= 4 is 15.9 Å². The molecule has 0 aromatic heterocycles. The summed E-state index contributed by atoms with van der Waals surface area (Å²) >= 11 is 3.39. The summed E-state index contributed by atoms with van der Waals surface area (Å²) < 4.78 is 14.6. The smallest absolute Gasteiger partial charge is 0.126 e. The lowest BCUT2D eigenvalue weighted by Gasteiger charge is -2.16. The van der Waals surface area contributed by atoms with E-state index in [1.165, 1.54) is 12.8 Å². The lowest BCUT2D eigenvalue weighted by atomic mass is 9.96. The quantitative estimate of drug-likeness (QED) is 0.873. The third kappa shape index (κ3) is 2.83. The molecular weight excluding hydrogens is 269 g/mol. The topological polar surface area (TPSA) is 12.0 Å². The van der Waals surface area contributed by atoms with Crippen LogP contribution in [0.25, 0.3) is 0 Å². The van der Waals surface area contributed by atoms with Gasteiger partial charge >= 0.3 is 0 Å². The predicted molar refractivity (Wildman–Crippen MR) is 68.0 cm³/mol. The van der Waals surface area contributed by atoms with Crippen LogP contribution in [-0.2, 0) is 6.42 Å². The maximum atomic E-state index is 13.6. The lowest BCUT2D eigenvalue weighted by molar-refractivity contribution is 0.452. The zero-order valence-corrected chi connectivity index (χ0v) is 11.1. The summed E-state index contributed by atoms with van der Waals surface area (Å²) in [5, 5.41) is 3.37. The van der Waals surface area contributed by atoms with Gasteiger partial charge in [0.25, 0.3) is 0 Å². The Bertz CT molecular complexity index is 374. The van der Waals surface area contributed by atoms with Crippen LogP contribution in [0.15, 0.2) is 22.7 Å². The van der Waals surface area contributed by atoms with Crippen molar-refractivity contribution in [1.82, 2.24) is 5.32 Å². The molecular formula is C13H17BrFN. The molecule has 0 bridgehead atoms. The highest BCUT2D eigenvalue weighted by molar-refractivity contribution is 9.10. The standard InChI is InChI=1S/C13H17BrFN/c1-2-16-9-13(5-6-13)8-10-7-11(14)3-4-12(10)15/h3-4,7,16H,2,5-6,8-9H2,1H3. The van der Waals surface area contributed by atoms with E-state index in [9.17, 15) is 4.39 Å². The predicted octanol–water partition coefficient (Wildman–Crippen LogP) is 3.52. The Hall–Kier alpha value is -0.410. The number of halogens is 2. The van der Waals surface area contributed by atoms with Crippen LogP contribution in [0, 0.1) is 11.2 Å². The van der Waals surface area contributed by atoms with E-state index in [4.69, 9.17) is 0 Å². The molecule has 1 fully saturated rings. The first kappa shape index (κ1) is 12.1. The van der Waals surface area contributed by atoms with Gasteiger partial charge in [0.1, 0.15) is 5.82 Å². The van der Waals surface area contributed by atoms with Gasteiger partial charge in [-0.3, -0.25) is 0 Å². The SMILES string of the molecule is CCNCC1(Cc2cc(Br)ccc2F)CC1. The maximum absolute atomic E-state index is 13.6. The lowest BCUT2D eigenvalue weighted by Crippen LogP contribution is -2.25. The first-order chi connectivity index (χ1) is 7.65. The fourth-order valence-electron chi connectivity index (χ4n) is 2.07. The van der Waals surface area contributed by atoms with Crippen LogP contribution in [0.2, 0.25) is 0 Å². The molecule has 1 aromatic rings. The first-order valence-corrected chi connectivity index (χ1v) is 6.59. The van der Waals surface area contributed by atoms with Crippen molar-refractivity contribution < 1.29 is 4.39 Å². The number of hydrogen-bond acceptors (Lipinski definition) is 1. The normalized spacial score (nSPS) is 17.4. The van der Waals surface area contributed by atoms with Crippen molar-refractivity contribution in [2.24, 2.45) is 5.41 Å². The summed E-state index contributed by atoms with van der Waals surface area (Å²) in [5.74, 6) is -0.0778. The van der Waals surface area contributed by atoms with E-state index in [0.717, 1.165) is 29.5 Å². The molecule has 0 aliphatic heterocycles. The van der Waals surface area contributed by atoms with Gasteiger partial charge in [-0.25, -0.2) is 4.39 Å². The monoisotopic (exact) mass is 285 g/mol. The minimum absolute atomic E-state index is 0.0778. The molecule has 1 nitrogen and oxygen atoms in total. The second kappa shape index (κ2) is 4.84. The zero-order valence-electron chi connectivity index (χ0n) is 9.52. The second-order valence-electron chi connectivity index (χ2n) is 4.69. The summed E-state index contributed by atoms with van der Waals surface area (Å²) in [6.07, 6.45) is 3.28. The van der Waals surface area contributed by atoms with Gasteiger partial charge in [-0.05, 0) is 55.0 Å². The van der Waals surface area contributed by atoms with Crippen molar-refractivity contribution in [3.63, 3.8) is 0 Å². The van der Waals surface area contributed by atoms with E-state index in [1.54, 1.807) is 12.1 Å². The van der Waals surface area contributed by atoms with Gasteiger partial charge in [0.15, 0.2) is 0 Å². The number of nitrogens with one attached hydrogen (secondary N) is 1. The van der Waals surface area contributed by atoms with E-state index in [1.807, 2.05) is 6.07 Å². The number of rotatable bonds is 5. The Morgan fingerprint density at radius 3 is 2.81 bits per heavy atom. The largest absolute Gasteiger partial charge is 0.316 e. The average Bonchev–Trinajstić information content (AvgIpc) is 3.01. The minimum atomic E-state index is -0.0778. The van der Waals surface area contributed by atoms with E-state index in [0.29, 0.717) is 5.41 Å². The molecule has 0 radical (unpaired) electrons. The zero-order chi connectivity index (χ0) is 11.6. The molecule has 1 N–H and O–H groups in total. The Kier molecular flexibility index (Phi) is 3.65. The highest BCUT2D eigenvalue weighted by Gasteiger charge is 2.42. The van der Waals surface area contributed by atoms with E-state index in [2.05, 4.69) is 28.2 Å². The Balaban J connectivity index is 2.05. The van der Waals surface area contributed by atoms with E-state index >= 15 is 0 Å². The summed E-state index contributed by atoms with van der Waals surface area (Å²) in [5.41, 5.74) is 1.15. The molecule has 0 spiro atoms. The minimum Gasteiger partial charge on any atom is -0.316 e. The molecule has 0 unspecified atom stereocenters. The van der Waals surface area contributed by atoms with Crippen LogP contribution < -0.4 is 5.32 Å². The maximum Gasteiger partial charge on any atom is 0.126 e. The first-order valence-electron chi connectivity index (χ1n) is 5.80. The average molecular weight is 286 g/mol. The molecule has 16 heavy (non-hydrogen) atoms. The van der Waals surface area contributed by atoms with E-state index in [-0.39, 0.29) is 5.82 Å². The van der Waals surface area contributed by atoms with Crippen molar-refractivity contribution in [3.8, 4) is 0 Å². The molecule has 1 aliphatic rings. The van der Waals surface area contributed by atoms with Crippen LogP contribution in [0.5, 0.6) is 0 Å². The molecule has 2 rings (SSSR count). The van der Waals surface area contributed by atoms with Gasteiger partial charge in [-0.1, -0.05) is 22.9 Å². The third-order valence-electron chi connectivity index (χ3n) is 3.28. The molecule has 0 heterocycles. The van der Waals surface area contributed by atoms with Crippen molar-refractivity contribution in [2.45, 2.75) is 26.2 Å². The van der Waals surface area contributed by atoms with Crippen molar-refractivity contribution in [3.05, 3.63) is 34.1 Å². The Morgan fingerprint density at radius 2 is 2.19 bits per heavy atom. The fraction of sp³-hybridized carbons (Fsp3) is 0.538.